The SMILES string of the molecule is C[C@H](NO)c1cc(Br)cc(Br)c1O. The highest BCUT2D eigenvalue weighted by Crippen LogP contribution is 2.34. The number of aromatic hydroxyl groups is 1. The molecule has 3 nitrogen and oxygen atoms in total. The van der Waals surface area contributed by atoms with E-state index in [-0.39, 0.29) is 11.8 Å². The monoisotopic (exact) mass is 309 g/mol. The highest BCUT2D eigenvalue weighted by atomic mass is 79.9. The van der Waals surface area contributed by atoms with Gasteiger partial charge in [0, 0.05) is 10.0 Å². The minimum atomic E-state index is -0.311. The Morgan fingerprint density at radius 1 is 1.38 bits per heavy atom. The summed E-state index contributed by atoms with van der Waals surface area (Å²) in [7, 11) is 0. The lowest BCUT2D eigenvalue weighted by Crippen LogP contribution is -2.13. The lowest BCUT2D eigenvalue weighted by Gasteiger charge is -2.12. The topological polar surface area (TPSA) is 52.5 Å². The highest BCUT2D eigenvalue weighted by Gasteiger charge is 2.12. The second-order valence-corrected chi connectivity index (χ2v) is 4.45. The third-order valence-electron chi connectivity index (χ3n) is 1.72. The van der Waals surface area contributed by atoms with E-state index in [0.29, 0.717) is 10.0 Å². The number of phenols is 1. The van der Waals surface area contributed by atoms with E-state index >= 15 is 0 Å². The molecular formula is C8H9Br2NO2. The summed E-state index contributed by atoms with van der Waals surface area (Å²) in [5.41, 5.74) is 2.70. The molecule has 0 amide bonds. The molecule has 1 aromatic carbocycles. The van der Waals surface area contributed by atoms with Gasteiger partial charge in [-0.3, -0.25) is 0 Å². The van der Waals surface area contributed by atoms with Crippen molar-refractivity contribution in [2.45, 2.75) is 13.0 Å². The van der Waals surface area contributed by atoms with E-state index in [9.17, 15) is 5.11 Å². The molecule has 1 aromatic rings. The van der Waals surface area contributed by atoms with Crippen LogP contribution in [0.2, 0.25) is 0 Å². The summed E-state index contributed by atoms with van der Waals surface area (Å²) in [5, 5.41) is 18.3. The van der Waals surface area contributed by atoms with Crippen molar-refractivity contribution in [1.29, 1.82) is 0 Å². The molecule has 0 aromatic heterocycles. The maximum Gasteiger partial charge on any atom is 0.134 e. The zero-order valence-corrected chi connectivity index (χ0v) is 10.1. The first-order valence-electron chi connectivity index (χ1n) is 3.63. The zero-order chi connectivity index (χ0) is 10.0. The maximum absolute atomic E-state index is 9.60. The Labute approximate surface area is 93.0 Å². The third-order valence-corrected chi connectivity index (χ3v) is 2.78. The van der Waals surface area contributed by atoms with Gasteiger partial charge in [-0.2, -0.15) is 5.48 Å². The van der Waals surface area contributed by atoms with Gasteiger partial charge in [0.2, 0.25) is 0 Å². The van der Waals surface area contributed by atoms with E-state index in [4.69, 9.17) is 5.21 Å². The van der Waals surface area contributed by atoms with Gasteiger partial charge in [-0.05, 0) is 35.0 Å². The van der Waals surface area contributed by atoms with Gasteiger partial charge in [-0.15, -0.1) is 0 Å². The lowest BCUT2D eigenvalue weighted by atomic mass is 10.1. The van der Waals surface area contributed by atoms with Crippen molar-refractivity contribution in [3.8, 4) is 5.75 Å². The number of benzene rings is 1. The summed E-state index contributed by atoms with van der Waals surface area (Å²) >= 11 is 6.50. The minimum Gasteiger partial charge on any atom is -0.506 e. The summed E-state index contributed by atoms with van der Waals surface area (Å²) in [4.78, 5) is 0. The zero-order valence-electron chi connectivity index (χ0n) is 6.88. The van der Waals surface area contributed by atoms with Crippen molar-refractivity contribution < 1.29 is 10.3 Å². The Morgan fingerprint density at radius 3 is 2.54 bits per heavy atom. The molecule has 0 aliphatic heterocycles. The van der Waals surface area contributed by atoms with Crippen molar-refractivity contribution in [2.75, 3.05) is 0 Å². The molecule has 0 radical (unpaired) electrons. The Balaban J connectivity index is 3.20. The summed E-state index contributed by atoms with van der Waals surface area (Å²) < 4.78 is 1.44. The fourth-order valence-corrected chi connectivity index (χ4v) is 2.24. The molecule has 0 aliphatic carbocycles. The summed E-state index contributed by atoms with van der Waals surface area (Å²) in [6, 6.07) is 3.17. The van der Waals surface area contributed by atoms with Crippen LogP contribution in [0.3, 0.4) is 0 Å². The van der Waals surface area contributed by atoms with Gasteiger partial charge in [-0.25, -0.2) is 0 Å². The normalized spacial score (nSPS) is 12.9. The molecule has 1 atom stereocenters. The van der Waals surface area contributed by atoms with Crippen molar-refractivity contribution in [3.05, 3.63) is 26.6 Å². The standard InChI is InChI=1S/C8H9Br2NO2/c1-4(11-13)6-2-5(9)3-7(10)8(6)12/h2-4,11-13H,1H3/t4-/m0/s1. The van der Waals surface area contributed by atoms with Gasteiger partial charge in [0.25, 0.3) is 0 Å². The third kappa shape index (κ3) is 2.43. The first kappa shape index (κ1) is 11.0. The number of nitrogens with one attached hydrogen (secondary N) is 1. The molecule has 13 heavy (non-hydrogen) atoms. The molecule has 3 N–H and O–H groups in total. The molecule has 72 valence electrons. The first-order chi connectivity index (χ1) is 6.06. The number of hydrogen-bond acceptors (Lipinski definition) is 3. The van der Waals surface area contributed by atoms with Crippen LogP contribution in [0.15, 0.2) is 21.1 Å². The predicted octanol–water partition coefficient (Wildman–Crippen LogP) is 2.96. The Bertz CT molecular complexity index is 317. The highest BCUT2D eigenvalue weighted by molar-refractivity contribution is 9.11. The Hall–Kier alpha value is -0.100. The Kier molecular flexibility index (Phi) is 3.73. The summed E-state index contributed by atoms with van der Waals surface area (Å²) in [5.74, 6) is 0.136. The molecule has 0 heterocycles. The fraction of sp³-hybridized carbons (Fsp3) is 0.250. The number of halogens is 2. The average Bonchev–Trinajstić information content (AvgIpc) is 2.10. The van der Waals surface area contributed by atoms with Gasteiger partial charge < -0.3 is 10.3 Å². The first-order valence-corrected chi connectivity index (χ1v) is 5.22. The average molecular weight is 311 g/mol. The van der Waals surface area contributed by atoms with Crippen molar-refractivity contribution >= 4 is 31.9 Å². The number of hydroxylamine groups is 1. The molecule has 1 rings (SSSR count). The van der Waals surface area contributed by atoms with Gasteiger partial charge in [0.1, 0.15) is 5.75 Å². The van der Waals surface area contributed by atoms with Crippen LogP contribution in [0.5, 0.6) is 5.75 Å². The van der Waals surface area contributed by atoms with Gasteiger partial charge in [0.05, 0.1) is 10.5 Å². The van der Waals surface area contributed by atoms with E-state index in [0.717, 1.165) is 4.47 Å². The van der Waals surface area contributed by atoms with Crippen molar-refractivity contribution in [2.24, 2.45) is 0 Å². The van der Waals surface area contributed by atoms with Crippen LogP contribution in [0.1, 0.15) is 18.5 Å². The quantitative estimate of drug-likeness (QED) is 0.736. The van der Waals surface area contributed by atoms with E-state index in [2.05, 4.69) is 37.3 Å². The van der Waals surface area contributed by atoms with Gasteiger partial charge in [0.15, 0.2) is 0 Å². The summed E-state index contributed by atoms with van der Waals surface area (Å²) in [6.07, 6.45) is 0. The van der Waals surface area contributed by atoms with E-state index in [1.165, 1.54) is 0 Å². The molecule has 0 spiro atoms. The van der Waals surface area contributed by atoms with Crippen LogP contribution < -0.4 is 5.48 Å². The predicted molar refractivity (Wildman–Crippen MR) is 56.8 cm³/mol. The van der Waals surface area contributed by atoms with Crippen LogP contribution in [0.25, 0.3) is 0 Å². The summed E-state index contributed by atoms with van der Waals surface area (Å²) in [6.45, 7) is 1.74. The number of hydrogen-bond donors (Lipinski definition) is 3. The van der Waals surface area contributed by atoms with E-state index < -0.39 is 0 Å². The van der Waals surface area contributed by atoms with Crippen molar-refractivity contribution in [3.63, 3.8) is 0 Å². The van der Waals surface area contributed by atoms with Crippen LogP contribution in [0, 0.1) is 0 Å². The van der Waals surface area contributed by atoms with Crippen LogP contribution in [-0.4, -0.2) is 10.3 Å². The van der Waals surface area contributed by atoms with E-state index in [1.54, 1.807) is 19.1 Å². The van der Waals surface area contributed by atoms with Crippen molar-refractivity contribution in [1.82, 2.24) is 5.48 Å². The molecule has 0 saturated carbocycles. The second kappa shape index (κ2) is 4.41. The fourth-order valence-electron chi connectivity index (χ4n) is 0.986. The van der Waals surface area contributed by atoms with Gasteiger partial charge in [-0.1, -0.05) is 15.9 Å². The molecular weight excluding hydrogens is 302 g/mol. The van der Waals surface area contributed by atoms with E-state index in [1.807, 2.05) is 0 Å². The largest absolute Gasteiger partial charge is 0.506 e. The van der Waals surface area contributed by atoms with Crippen LogP contribution >= 0.6 is 31.9 Å². The number of rotatable bonds is 2. The molecule has 0 saturated heterocycles. The number of phenolic OH excluding ortho intramolecular Hbond substituents is 1. The van der Waals surface area contributed by atoms with Crippen LogP contribution in [0.4, 0.5) is 0 Å². The molecule has 5 heteroatoms. The molecule has 0 bridgehead atoms. The molecule has 0 aliphatic rings. The minimum absolute atomic E-state index is 0.136. The molecule has 0 fully saturated rings. The Morgan fingerprint density at radius 2 is 2.00 bits per heavy atom. The smallest absolute Gasteiger partial charge is 0.134 e. The maximum atomic E-state index is 9.60. The second-order valence-electron chi connectivity index (χ2n) is 2.68. The van der Waals surface area contributed by atoms with Crippen LogP contribution in [-0.2, 0) is 0 Å². The lowest BCUT2D eigenvalue weighted by molar-refractivity contribution is 0.132. The molecule has 0 unspecified atom stereocenters. The van der Waals surface area contributed by atoms with Gasteiger partial charge >= 0.3 is 0 Å².